The Balaban J connectivity index is 3.11. The Bertz CT molecular complexity index is 224. The van der Waals surface area contributed by atoms with E-state index >= 15 is 0 Å². The van der Waals surface area contributed by atoms with Crippen LogP contribution in [0.2, 0.25) is 0 Å². The van der Waals surface area contributed by atoms with Gasteiger partial charge in [-0.3, -0.25) is 0 Å². The predicted octanol–water partition coefficient (Wildman–Crippen LogP) is 0.0228. The van der Waals surface area contributed by atoms with Gasteiger partial charge in [0.25, 0.3) is 0 Å². The zero-order valence-electron chi connectivity index (χ0n) is 6.44. The van der Waals surface area contributed by atoms with E-state index in [1.165, 1.54) is 0 Å². The average Bonchev–Trinajstić information content (AvgIpc) is 2.03. The van der Waals surface area contributed by atoms with E-state index in [1.54, 1.807) is 13.8 Å². The molecular weight excluding hydrogens is 144 g/mol. The molecule has 1 aliphatic rings. The normalized spacial score (nSPS) is 22.0. The number of nitrogens with two attached hydrogens (primary N) is 2. The Kier molecular flexibility index (Phi) is 1.60. The summed E-state index contributed by atoms with van der Waals surface area (Å²) >= 11 is 0. The minimum absolute atomic E-state index is 0.319. The lowest BCUT2D eigenvalue weighted by Gasteiger charge is -2.19. The van der Waals surface area contributed by atoms with Crippen molar-refractivity contribution in [1.82, 2.24) is 0 Å². The Morgan fingerprint density at radius 3 is 1.73 bits per heavy atom. The van der Waals surface area contributed by atoms with Gasteiger partial charge in [-0.1, -0.05) is 0 Å². The summed E-state index contributed by atoms with van der Waals surface area (Å²) in [4.78, 5) is 0. The molecule has 0 fully saturated rings. The molecule has 0 bridgehead atoms. The first-order chi connectivity index (χ1) is 5.05. The van der Waals surface area contributed by atoms with Crippen molar-refractivity contribution in [2.24, 2.45) is 37.5 Å². The molecule has 0 radical (unpaired) electrons. The largest absolute Gasteiger partial charge is 0.385 e. The molecule has 6 heteroatoms. The highest BCUT2D eigenvalue weighted by molar-refractivity contribution is 6.07. The zero-order chi connectivity index (χ0) is 8.48. The van der Waals surface area contributed by atoms with Crippen molar-refractivity contribution in [1.29, 1.82) is 0 Å². The van der Waals surface area contributed by atoms with E-state index in [2.05, 4.69) is 20.6 Å². The molecular formula is C5H10N6. The molecule has 0 aliphatic carbocycles. The lowest BCUT2D eigenvalue weighted by atomic mass is 9.91. The predicted molar refractivity (Wildman–Crippen MR) is 41.9 cm³/mol. The van der Waals surface area contributed by atoms with Gasteiger partial charge in [0, 0.05) is 0 Å². The van der Waals surface area contributed by atoms with Crippen LogP contribution in [0, 0.1) is 5.41 Å². The van der Waals surface area contributed by atoms with E-state index in [0.29, 0.717) is 11.7 Å². The smallest absolute Gasteiger partial charge is 0.137 e. The molecule has 0 spiro atoms. The molecule has 0 amide bonds. The number of hydrogen-bond acceptors (Lipinski definition) is 6. The first-order valence-electron chi connectivity index (χ1n) is 3.12. The molecule has 0 aromatic carbocycles. The van der Waals surface area contributed by atoms with Crippen LogP contribution in [-0.2, 0) is 0 Å². The zero-order valence-corrected chi connectivity index (χ0v) is 6.44. The van der Waals surface area contributed by atoms with Gasteiger partial charge in [-0.15, -0.1) is 10.2 Å². The molecule has 1 rings (SSSR count). The monoisotopic (exact) mass is 154 g/mol. The highest BCUT2D eigenvalue weighted by atomic mass is 15.5. The van der Waals surface area contributed by atoms with Gasteiger partial charge in [-0.05, 0) is 24.3 Å². The van der Waals surface area contributed by atoms with Crippen LogP contribution >= 0.6 is 0 Å². The summed E-state index contributed by atoms with van der Waals surface area (Å²) in [5.41, 5.74) is 10.5. The van der Waals surface area contributed by atoms with Crippen LogP contribution in [0.3, 0.4) is 0 Å². The van der Waals surface area contributed by atoms with Crippen molar-refractivity contribution in [3.63, 3.8) is 0 Å². The SMILES string of the molecule is CC1(C)C(N)=NN=NN=C1N. The second-order valence-corrected chi connectivity index (χ2v) is 2.77. The number of nitrogens with zero attached hydrogens (tertiary/aromatic N) is 4. The van der Waals surface area contributed by atoms with E-state index < -0.39 is 5.41 Å². The van der Waals surface area contributed by atoms with Crippen LogP contribution in [0.4, 0.5) is 0 Å². The third-order valence-corrected chi connectivity index (χ3v) is 1.63. The maximum absolute atomic E-state index is 5.54. The second-order valence-electron chi connectivity index (χ2n) is 2.77. The summed E-state index contributed by atoms with van der Waals surface area (Å²) in [6.45, 7) is 3.61. The van der Waals surface area contributed by atoms with Crippen LogP contribution in [0.15, 0.2) is 20.6 Å². The molecule has 0 aromatic rings. The van der Waals surface area contributed by atoms with Gasteiger partial charge in [0.05, 0.1) is 5.41 Å². The minimum Gasteiger partial charge on any atom is -0.385 e. The third kappa shape index (κ3) is 1.19. The number of rotatable bonds is 0. The van der Waals surface area contributed by atoms with Gasteiger partial charge in [0.1, 0.15) is 11.7 Å². The molecule has 60 valence electrons. The Hall–Kier alpha value is -1.46. The molecule has 0 saturated carbocycles. The Morgan fingerprint density at radius 2 is 1.36 bits per heavy atom. The van der Waals surface area contributed by atoms with E-state index in [4.69, 9.17) is 11.5 Å². The van der Waals surface area contributed by atoms with Crippen molar-refractivity contribution in [2.45, 2.75) is 13.8 Å². The van der Waals surface area contributed by atoms with Crippen molar-refractivity contribution < 1.29 is 0 Å². The van der Waals surface area contributed by atoms with Crippen molar-refractivity contribution in [2.75, 3.05) is 0 Å². The fourth-order valence-corrected chi connectivity index (χ4v) is 0.518. The van der Waals surface area contributed by atoms with Crippen LogP contribution in [0.25, 0.3) is 0 Å². The van der Waals surface area contributed by atoms with Gasteiger partial charge < -0.3 is 11.5 Å². The first-order valence-corrected chi connectivity index (χ1v) is 3.12. The van der Waals surface area contributed by atoms with Crippen molar-refractivity contribution in [3.05, 3.63) is 0 Å². The lowest BCUT2D eigenvalue weighted by molar-refractivity contribution is 0.709. The fraction of sp³-hybridized carbons (Fsp3) is 0.600. The summed E-state index contributed by atoms with van der Waals surface area (Å²) in [7, 11) is 0. The Morgan fingerprint density at radius 1 is 1.00 bits per heavy atom. The first kappa shape index (κ1) is 7.64. The number of amidine groups is 2. The van der Waals surface area contributed by atoms with E-state index in [1.807, 2.05) is 0 Å². The van der Waals surface area contributed by atoms with Crippen LogP contribution in [0.5, 0.6) is 0 Å². The van der Waals surface area contributed by atoms with Gasteiger partial charge in [-0.2, -0.15) is 0 Å². The fourth-order valence-electron chi connectivity index (χ4n) is 0.518. The second kappa shape index (κ2) is 2.30. The molecule has 0 atom stereocenters. The van der Waals surface area contributed by atoms with E-state index in [0.717, 1.165) is 0 Å². The highest BCUT2D eigenvalue weighted by Gasteiger charge is 2.29. The van der Waals surface area contributed by atoms with E-state index in [9.17, 15) is 0 Å². The molecule has 0 unspecified atom stereocenters. The Labute approximate surface area is 64.1 Å². The lowest BCUT2D eigenvalue weighted by Crippen LogP contribution is -2.42. The van der Waals surface area contributed by atoms with Crippen LogP contribution in [-0.4, -0.2) is 11.7 Å². The summed E-state index contributed by atoms with van der Waals surface area (Å²) in [6.07, 6.45) is 0. The summed E-state index contributed by atoms with van der Waals surface area (Å²) in [5.74, 6) is 0.639. The minimum atomic E-state index is -0.552. The maximum atomic E-state index is 5.54. The molecule has 0 saturated heterocycles. The topological polar surface area (TPSA) is 101 Å². The molecule has 0 aromatic heterocycles. The maximum Gasteiger partial charge on any atom is 0.137 e. The van der Waals surface area contributed by atoms with Crippen molar-refractivity contribution >= 4 is 11.7 Å². The molecule has 11 heavy (non-hydrogen) atoms. The van der Waals surface area contributed by atoms with Gasteiger partial charge in [-0.25, -0.2) is 0 Å². The third-order valence-electron chi connectivity index (χ3n) is 1.63. The molecule has 1 heterocycles. The molecule has 1 aliphatic heterocycles. The van der Waals surface area contributed by atoms with Gasteiger partial charge in [0.15, 0.2) is 0 Å². The molecule has 4 N–H and O–H groups in total. The quantitative estimate of drug-likeness (QED) is 0.513. The summed E-state index contributed by atoms with van der Waals surface area (Å²) < 4.78 is 0. The van der Waals surface area contributed by atoms with E-state index in [-0.39, 0.29) is 0 Å². The summed E-state index contributed by atoms with van der Waals surface area (Å²) in [6, 6.07) is 0. The standard InChI is InChI=1S/C5H10N6/c1-5(2)3(6)8-10-11-9-4(5)7/h1-2H3,(H2,6,8,11)(H2,7,9,10). The van der Waals surface area contributed by atoms with Crippen LogP contribution < -0.4 is 11.5 Å². The van der Waals surface area contributed by atoms with Gasteiger partial charge in [0.2, 0.25) is 0 Å². The molecule has 6 nitrogen and oxygen atoms in total. The van der Waals surface area contributed by atoms with Crippen LogP contribution in [0.1, 0.15) is 13.8 Å². The summed E-state index contributed by atoms with van der Waals surface area (Å²) in [5, 5.41) is 13.8. The highest BCUT2D eigenvalue weighted by Crippen LogP contribution is 2.17. The number of hydrogen-bond donors (Lipinski definition) is 2. The van der Waals surface area contributed by atoms with Crippen molar-refractivity contribution in [3.8, 4) is 0 Å². The average molecular weight is 154 g/mol. The van der Waals surface area contributed by atoms with Gasteiger partial charge >= 0.3 is 0 Å².